The summed E-state index contributed by atoms with van der Waals surface area (Å²) in [7, 11) is 0. The second-order valence-electron chi connectivity index (χ2n) is 11.9. The standard InChI is InChI=1S/C43H26N2OS/c1-2-11-27(12-3-1)43-32-22-24-40-42(41(32)31-15-4-5-16-34(31)44-43)33-26-29(21-23-39(33)47-40)28-13-10-14-30(25-28)45-35-17-6-8-19-37(35)46-38-20-9-7-18-36(38)45/h1-26H. The largest absolute Gasteiger partial charge is 0.453 e. The molecule has 7 aromatic carbocycles. The average Bonchev–Trinajstić information content (AvgIpc) is 3.52. The smallest absolute Gasteiger partial charge is 0.151 e. The van der Waals surface area contributed by atoms with Gasteiger partial charge >= 0.3 is 0 Å². The van der Waals surface area contributed by atoms with Crippen LogP contribution in [0.4, 0.5) is 17.1 Å². The van der Waals surface area contributed by atoms with Gasteiger partial charge in [0.25, 0.3) is 0 Å². The second-order valence-corrected chi connectivity index (χ2v) is 13.0. The molecule has 2 aromatic heterocycles. The van der Waals surface area contributed by atoms with Crippen LogP contribution in [0.3, 0.4) is 0 Å². The van der Waals surface area contributed by atoms with Crippen LogP contribution in [0.25, 0.3) is 64.2 Å². The second kappa shape index (κ2) is 10.3. The minimum absolute atomic E-state index is 0.853. The Morgan fingerprint density at radius 1 is 0.468 bits per heavy atom. The summed E-state index contributed by atoms with van der Waals surface area (Å²) in [6.07, 6.45) is 0. The molecule has 0 fully saturated rings. The Hall–Kier alpha value is -5.97. The lowest BCUT2D eigenvalue weighted by atomic mass is 9.95. The van der Waals surface area contributed by atoms with Gasteiger partial charge in [-0.15, -0.1) is 11.3 Å². The van der Waals surface area contributed by atoms with Crippen molar-refractivity contribution in [1.82, 2.24) is 4.98 Å². The molecule has 0 aliphatic carbocycles. The van der Waals surface area contributed by atoms with Crippen molar-refractivity contribution in [2.75, 3.05) is 4.90 Å². The molecule has 0 amide bonds. The predicted molar refractivity (Wildman–Crippen MR) is 198 cm³/mol. The van der Waals surface area contributed by atoms with Gasteiger partial charge < -0.3 is 9.64 Å². The summed E-state index contributed by atoms with van der Waals surface area (Å²) >= 11 is 1.86. The third-order valence-electron chi connectivity index (χ3n) is 9.21. The van der Waals surface area contributed by atoms with E-state index in [4.69, 9.17) is 9.72 Å². The highest BCUT2D eigenvalue weighted by Gasteiger charge is 2.25. The van der Waals surface area contributed by atoms with Gasteiger partial charge in [0.05, 0.1) is 22.6 Å². The van der Waals surface area contributed by atoms with Gasteiger partial charge in [-0.2, -0.15) is 0 Å². The first-order chi connectivity index (χ1) is 23.3. The van der Waals surface area contributed by atoms with Crippen LogP contribution in [-0.4, -0.2) is 4.98 Å². The number of hydrogen-bond acceptors (Lipinski definition) is 4. The first-order valence-corrected chi connectivity index (χ1v) is 16.6. The van der Waals surface area contributed by atoms with Crippen molar-refractivity contribution in [3.8, 4) is 33.9 Å². The van der Waals surface area contributed by atoms with E-state index in [-0.39, 0.29) is 0 Å². The minimum Gasteiger partial charge on any atom is -0.453 e. The lowest BCUT2D eigenvalue weighted by Crippen LogP contribution is -2.15. The summed E-state index contributed by atoms with van der Waals surface area (Å²) in [6.45, 7) is 0. The SMILES string of the molecule is c1ccc(-c2nc3ccccc3c3c2ccc2sc4ccc(-c5cccc(N6c7ccccc7Oc7ccccc76)c5)cc4c23)cc1. The molecular weight excluding hydrogens is 593 g/mol. The normalized spacial score (nSPS) is 12.4. The lowest BCUT2D eigenvalue weighted by Gasteiger charge is -2.33. The molecule has 9 aromatic rings. The summed E-state index contributed by atoms with van der Waals surface area (Å²) in [6, 6.07) is 55.9. The van der Waals surface area contributed by atoms with Crippen molar-refractivity contribution in [2.45, 2.75) is 0 Å². The Balaban J connectivity index is 1.19. The van der Waals surface area contributed by atoms with E-state index < -0.39 is 0 Å². The molecule has 1 aliphatic rings. The maximum atomic E-state index is 6.28. The van der Waals surface area contributed by atoms with Gasteiger partial charge in [0, 0.05) is 47.6 Å². The maximum absolute atomic E-state index is 6.28. The fourth-order valence-corrected chi connectivity index (χ4v) is 8.21. The van der Waals surface area contributed by atoms with Crippen LogP contribution in [0.5, 0.6) is 11.5 Å². The van der Waals surface area contributed by atoms with Crippen LogP contribution >= 0.6 is 11.3 Å². The third-order valence-corrected chi connectivity index (χ3v) is 10.3. The molecule has 3 heterocycles. The predicted octanol–water partition coefficient (Wildman–Crippen LogP) is 12.7. The zero-order valence-corrected chi connectivity index (χ0v) is 26.0. The summed E-state index contributed by atoms with van der Waals surface area (Å²) in [4.78, 5) is 7.49. The number of nitrogens with zero attached hydrogens (tertiary/aromatic N) is 2. The molecule has 0 bridgehead atoms. The van der Waals surface area contributed by atoms with Crippen molar-refractivity contribution < 1.29 is 4.74 Å². The van der Waals surface area contributed by atoms with Crippen molar-refractivity contribution in [1.29, 1.82) is 0 Å². The Labute approximate surface area is 275 Å². The molecule has 10 rings (SSSR count). The highest BCUT2D eigenvalue weighted by molar-refractivity contribution is 7.26. The monoisotopic (exact) mass is 618 g/mol. The van der Waals surface area contributed by atoms with Crippen molar-refractivity contribution >= 4 is 70.2 Å². The Bertz CT molecular complexity index is 2630. The minimum atomic E-state index is 0.853. The maximum Gasteiger partial charge on any atom is 0.151 e. The van der Waals surface area contributed by atoms with Crippen molar-refractivity contribution in [3.63, 3.8) is 0 Å². The molecule has 47 heavy (non-hydrogen) atoms. The van der Waals surface area contributed by atoms with E-state index in [1.807, 2.05) is 35.6 Å². The summed E-state index contributed by atoms with van der Waals surface area (Å²) in [5.74, 6) is 1.71. The van der Waals surface area contributed by atoms with Gasteiger partial charge in [-0.25, -0.2) is 4.98 Å². The fourth-order valence-electron chi connectivity index (χ4n) is 7.11. The first-order valence-electron chi connectivity index (χ1n) is 15.8. The number of pyridine rings is 1. The fraction of sp³-hybridized carbons (Fsp3) is 0. The molecule has 0 saturated carbocycles. The Morgan fingerprint density at radius 2 is 1.15 bits per heavy atom. The molecule has 0 N–H and O–H groups in total. The Morgan fingerprint density at radius 3 is 1.98 bits per heavy atom. The highest BCUT2D eigenvalue weighted by Crippen LogP contribution is 2.51. The molecule has 220 valence electrons. The van der Waals surface area contributed by atoms with Gasteiger partial charge in [-0.1, -0.05) is 97.1 Å². The van der Waals surface area contributed by atoms with Crippen LogP contribution < -0.4 is 9.64 Å². The van der Waals surface area contributed by atoms with Gasteiger partial charge in [0.15, 0.2) is 11.5 Å². The first kappa shape index (κ1) is 26.3. The number of benzene rings is 7. The van der Waals surface area contributed by atoms with Crippen LogP contribution in [-0.2, 0) is 0 Å². The number of fused-ring (bicyclic) bond motifs is 9. The highest BCUT2D eigenvalue weighted by atomic mass is 32.1. The summed E-state index contributed by atoms with van der Waals surface area (Å²) < 4.78 is 8.85. The molecule has 0 saturated heterocycles. The van der Waals surface area contributed by atoms with E-state index in [9.17, 15) is 0 Å². The number of para-hydroxylation sites is 5. The third kappa shape index (κ3) is 4.09. The lowest BCUT2D eigenvalue weighted by molar-refractivity contribution is 0.477. The molecule has 1 aliphatic heterocycles. The van der Waals surface area contributed by atoms with Gasteiger partial charge in [-0.3, -0.25) is 0 Å². The number of hydrogen-bond donors (Lipinski definition) is 0. The molecule has 3 nitrogen and oxygen atoms in total. The molecule has 0 radical (unpaired) electrons. The van der Waals surface area contributed by atoms with E-state index in [2.05, 4.69) is 138 Å². The zero-order chi connectivity index (χ0) is 30.9. The number of ether oxygens (including phenoxy) is 1. The number of aromatic nitrogens is 1. The van der Waals surface area contributed by atoms with E-state index in [1.165, 1.54) is 47.5 Å². The molecule has 0 atom stereocenters. The van der Waals surface area contributed by atoms with Gasteiger partial charge in [0.1, 0.15) is 0 Å². The van der Waals surface area contributed by atoms with Crippen LogP contribution in [0.1, 0.15) is 0 Å². The molecule has 0 spiro atoms. The molecular formula is C43H26N2OS. The van der Waals surface area contributed by atoms with Crippen molar-refractivity contribution in [3.05, 3.63) is 158 Å². The van der Waals surface area contributed by atoms with E-state index in [1.54, 1.807) is 0 Å². The quantitative estimate of drug-likeness (QED) is 0.184. The van der Waals surface area contributed by atoms with Crippen molar-refractivity contribution in [2.24, 2.45) is 0 Å². The topological polar surface area (TPSA) is 25.4 Å². The summed E-state index contributed by atoms with van der Waals surface area (Å²) in [5, 5.41) is 6.21. The van der Waals surface area contributed by atoms with Crippen LogP contribution in [0, 0.1) is 0 Å². The van der Waals surface area contributed by atoms with Crippen LogP contribution in [0.15, 0.2) is 158 Å². The Kier molecular flexibility index (Phi) is 5.74. The number of anilines is 3. The average molecular weight is 619 g/mol. The van der Waals surface area contributed by atoms with E-state index in [0.29, 0.717) is 0 Å². The zero-order valence-electron chi connectivity index (χ0n) is 25.2. The van der Waals surface area contributed by atoms with E-state index in [0.717, 1.165) is 45.3 Å². The van der Waals surface area contributed by atoms with Gasteiger partial charge in [0.2, 0.25) is 0 Å². The summed E-state index contributed by atoms with van der Waals surface area (Å²) in [5.41, 5.74) is 8.68. The van der Waals surface area contributed by atoms with Crippen LogP contribution in [0.2, 0.25) is 0 Å². The molecule has 0 unspecified atom stereocenters. The van der Waals surface area contributed by atoms with Gasteiger partial charge in [-0.05, 0) is 71.8 Å². The number of rotatable bonds is 3. The number of thiophene rings is 1. The molecule has 4 heteroatoms. The van der Waals surface area contributed by atoms with E-state index >= 15 is 0 Å².